The maximum Gasteiger partial charge on any atom is 0.421 e. The van der Waals surface area contributed by atoms with Gasteiger partial charge in [-0.25, -0.2) is 10.4 Å². The molecule has 17 heteroatoms. The second-order valence-electron chi connectivity index (χ2n) is 5.07. The molecule has 5 N–H and O–H groups in total. The molecule has 1 aromatic rings. The van der Waals surface area contributed by atoms with Crippen LogP contribution in [0.4, 0.5) is 56.6 Å². The van der Waals surface area contributed by atoms with Crippen LogP contribution in [0.25, 0.3) is 0 Å². The van der Waals surface area contributed by atoms with Crippen LogP contribution in [0.1, 0.15) is 0 Å². The van der Waals surface area contributed by atoms with Gasteiger partial charge in [-0.2, -0.15) is 50.0 Å². The molecule has 28 heavy (non-hydrogen) atoms. The van der Waals surface area contributed by atoms with Crippen molar-refractivity contribution in [3.63, 3.8) is 0 Å². The molecule has 0 aliphatic rings. The van der Waals surface area contributed by atoms with Crippen LogP contribution >= 0.6 is 0 Å². The highest BCUT2D eigenvalue weighted by atomic mass is 19.4. The first-order valence-electron chi connectivity index (χ1n) is 6.50. The lowest BCUT2D eigenvalue weighted by molar-refractivity contribution is -0.996. The molecule has 0 spiro atoms. The van der Waals surface area contributed by atoms with E-state index in [4.69, 9.17) is 10.4 Å². The van der Waals surface area contributed by atoms with Crippen LogP contribution in [-0.2, 0) is 4.79 Å². The Labute approximate surface area is 147 Å². The molecule has 0 aliphatic carbocycles. The van der Waals surface area contributed by atoms with E-state index in [1.807, 2.05) is 0 Å². The van der Waals surface area contributed by atoms with Crippen LogP contribution in [0.15, 0.2) is 18.2 Å². The van der Waals surface area contributed by atoms with Gasteiger partial charge in [0.05, 0.1) is 6.07 Å². The van der Waals surface area contributed by atoms with Crippen molar-refractivity contribution in [2.45, 2.75) is 18.5 Å². The van der Waals surface area contributed by atoms with Gasteiger partial charge in [-0.05, 0) is 6.07 Å². The number of hydrogen-bond donors (Lipinski definition) is 5. The summed E-state index contributed by atoms with van der Waals surface area (Å²) in [5.74, 6) is -3.66. The topological polar surface area (TPSA) is 125 Å². The summed E-state index contributed by atoms with van der Waals surface area (Å²) >= 11 is 0. The second kappa shape index (κ2) is 7.33. The number of halogens is 9. The molecule has 0 aliphatic heterocycles. The molecule has 1 rings (SSSR count). The number of carbonyl (C=O) groups excluding carboxylic acids is 1. The third kappa shape index (κ3) is 3.98. The molecule has 1 amide bonds. The van der Waals surface area contributed by atoms with E-state index in [-0.39, 0.29) is 12.1 Å². The molecular formula is C11H8F9N3O5. The van der Waals surface area contributed by atoms with E-state index in [1.165, 1.54) is 0 Å². The first-order chi connectivity index (χ1) is 12.4. The maximum atomic E-state index is 12.9. The van der Waals surface area contributed by atoms with Crippen molar-refractivity contribution in [1.29, 1.82) is 0 Å². The lowest BCUT2D eigenvalue weighted by Gasteiger charge is -2.37. The Morgan fingerprint density at radius 1 is 0.857 bits per heavy atom. The smallest absolute Gasteiger partial charge is 0.421 e. The third-order valence-electron chi connectivity index (χ3n) is 3.36. The van der Waals surface area contributed by atoms with Gasteiger partial charge >= 0.3 is 23.9 Å². The predicted octanol–water partition coefficient (Wildman–Crippen LogP) is 1.11. The van der Waals surface area contributed by atoms with Crippen molar-refractivity contribution in [2.24, 2.45) is 5.41 Å². The van der Waals surface area contributed by atoms with Crippen molar-refractivity contribution in [2.75, 3.05) is 5.32 Å². The van der Waals surface area contributed by atoms with Crippen molar-refractivity contribution >= 4 is 23.0 Å². The first kappa shape index (κ1) is 23.9. The number of hydrogen-bond acceptors (Lipinski definition) is 5. The summed E-state index contributed by atoms with van der Waals surface area (Å²) in [6.07, 6.45) is -21.6. The first-order valence-corrected chi connectivity index (χ1v) is 6.50. The number of rotatable bonds is 4. The largest absolute Gasteiger partial charge is 0.595 e. The third-order valence-corrected chi connectivity index (χ3v) is 3.36. The van der Waals surface area contributed by atoms with E-state index < -0.39 is 57.4 Å². The highest BCUT2D eigenvalue weighted by Gasteiger charge is 2.88. The second-order valence-corrected chi connectivity index (χ2v) is 5.07. The maximum absolute atomic E-state index is 12.9. The lowest BCUT2D eigenvalue weighted by atomic mass is 9.84. The summed E-state index contributed by atoms with van der Waals surface area (Å²) in [5, 5.41) is 36.0. The average Bonchev–Trinajstić information content (AvgIpc) is 2.42. The molecule has 0 aromatic heterocycles. The summed E-state index contributed by atoms with van der Waals surface area (Å²) < 4.78 is 116. The van der Waals surface area contributed by atoms with Gasteiger partial charge in [0.25, 0.3) is 5.91 Å². The quantitative estimate of drug-likeness (QED) is 0.360. The Bertz CT molecular complexity index is 694. The highest BCUT2D eigenvalue weighted by molar-refractivity contribution is 5.99. The van der Waals surface area contributed by atoms with E-state index >= 15 is 0 Å². The van der Waals surface area contributed by atoms with E-state index in [0.29, 0.717) is 11.4 Å². The Kier molecular flexibility index (Phi) is 6.25. The lowest BCUT2D eigenvalue weighted by Crippen LogP contribution is -3.00. The molecule has 2 unspecified atom stereocenters. The van der Waals surface area contributed by atoms with Crippen molar-refractivity contribution < 1.29 is 65.2 Å². The molecule has 2 atom stereocenters. The molecule has 0 radical (unpaired) electrons. The van der Waals surface area contributed by atoms with Crippen molar-refractivity contribution in [1.82, 2.24) is 0 Å². The molecule has 1 aromatic carbocycles. The van der Waals surface area contributed by atoms with Crippen LogP contribution < -0.4 is 15.8 Å². The predicted molar refractivity (Wildman–Crippen MR) is 67.2 cm³/mol. The van der Waals surface area contributed by atoms with E-state index in [2.05, 4.69) is 0 Å². The SMILES string of the molecule is O=C(Nc1ccc([NH+]([O-])O)cc1[NH+]([O-])O)C(C(F)(F)F)(C(F)(F)F)C(F)(F)F. The minimum Gasteiger partial charge on any atom is -0.595 e. The van der Waals surface area contributed by atoms with Crippen LogP contribution in [0.2, 0.25) is 0 Å². The summed E-state index contributed by atoms with van der Waals surface area (Å²) in [5.41, 5.74) is -10.4. The fourth-order valence-electron chi connectivity index (χ4n) is 2.05. The van der Waals surface area contributed by atoms with Crippen LogP contribution in [0.5, 0.6) is 0 Å². The zero-order valence-electron chi connectivity index (χ0n) is 12.8. The zero-order valence-corrected chi connectivity index (χ0v) is 12.8. The summed E-state index contributed by atoms with van der Waals surface area (Å²) in [7, 11) is 0. The molecule has 0 bridgehead atoms. The highest BCUT2D eigenvalue weighted by Crippen LogP contribution is 2.59. The molecule has 0 saturated heterocycles. The number of alkyl halides is 9. The minimum absolute atomic E-state index is 0.219. The fraction of sp³-hybridized carbons (Fsp3) is 0.364. The van der Waals surface area contributed by atoms with E-state index in [0.717, 1.165) is 0 Å². The van der Waals surface area contributed by atoms with E-state index in [9.17, 15) is 54.7 Å². The number of benzene rings is 1. The molecule has 0 saturated carbocycles. The number of nitrogens with one attached hydrogen (secondary N) is 3. The Morgan fingerprint density at radius 3 is 1.61 bits per heavy atom. The van der Waals surface area contributed by atoms with Crippen LogP contribution in [0.3, 0.4) is 0 Å². The van der Waals surface area contributed by atoms with Crippen LogP contribution in [0, 0.1) is 15.8 Å². The Hall–Kier alpha value is -2.18. The van der Waals surface area contributed by atoms with Crippen molar-refractivity contribution in [3.05, 3.63) is 28.6 Å². The van der Waals surface area contributed by atoms with Gasteiger partial charge in [-0.15, -0.1) is 0 Å². The van der Waals surface area contributed by atoms with Crippen molar-refractivity contribution in [3.8, 4) is 0 Å². The van der Waals surface area contributed by atoms with Gasteiger partial charge in [-0.1, -0.05) is 0 Å². The van der Waals surface area contributed by atoms with Gasteiger partial charge in [0.15, 0.2) is 11.4 Å². The number of carbonyl (C=O) groups is 1. The molecule has 0 fully saturated rings. The Morgan fingerprint density at radius 2 is 1.29 bits per heavy atom. The van der Waals surface area contributed by atoms with Gasteiger partial charge in [0.1, 0.15) is 5.69 Å². The molecular weight excluding hydrogens is 425 g/mol. The number of amides is 1. The zero-order chi connectivity index (χ0) is 22.3. The average molecular weight is 433 g/mol. The normalized spacial score (nSPS) is 15.9. The molecule has 0 heterocycles. The monoisotopic (exact) mass is 433 g/mol. The summed E-state index contributed by atoms with van der Waals surface area (Å²) in [6.45, 7) is 0. The Balaban J connectivity index is 3.62. The van der Waals surface area contributed by atoms with Gasteiger partial charge < -0.3 is 15.7 Å². The van der Waals surface area contributed by atoms with Gasteiger partial charge in [0.2, 0.25) is 0 Å². The molecule has 160 valence electrons. The summed E-state index contributed by atoms with van der Waals surface area (Å²) in [4.78, 5) is 11.6. The van der Waals surface area contributed by atoms with Gasteiger partial charge in [-0.3, -0.25) is 4.79 Å². The number of quaternary nitrogens is 2. The minimum atomic E-state index is -7.20. The number of anilines is 1. The summed E-state index contributed by atoms with van der Waals surface area (Å²) in [6, 6.07) is 0.899. The van der Waals surface area contributed by atoms with E-state index in [1.54, 1.807) is 0 Å². The standard InChI is InChI=1S/C11H8F9N3O5/c12-9(13,14)8(10(15,16)17,11(18,19)20)7(24)21-5-2-1-4(22(25)26)3-6(5)23(27)28/h1-3,22-23,25,27H,(H,21,24). The fourth-order valence-corrected chi connectivity index (χ4v) is 2.05. The molecule has 8 nitrogen and oxygen atoms in total. The van der Waals surface area contributed by atoms with Crippen LogP contribution in [-0.4, -0.2) is 34.9 Å². The van der Waals surface area contributed by atoms with Gasteiger partial charge in [0, 0.05) is 6.07 Å².